The predicted molar refractivity (Wildman–Crippen MR) is 96.4 cm³/mol. The van der Waals surface area contributed by atoms with Gasteiger partial charge in [-0.05, 0) is 42.8 Å². The Hall–Kier alpha value is -2.72. The minimum atomic E-state index is -1.40. The van der Waals surface area contributed by atoms with Crippen LogP contribution in [0.3, 0.4) is 0 Å². The summed E-state index contributed by atoms with van der Waals surface area (Å²) in [4.78, 5) is 13.1. The normalized spacial score (nSPS) is 12.4. The molecule has 0 aliphatic heterocycles. The third kappa shape index (κ3) is 3.60. The maximum absolute atomic E-state index is 12.7. The molecule has 24 heavy (non-hydrogen) atoms. The molecule has 0 amide bonds. The fourth-order valence-electron chi connectivity index (χ4n) is 2.29. The number of carbonyl (C=O) groups is 1. The van der Waals surface area contributed by atoms with E-state index in [1.807, 2.05) is 61.5 Å². The Labute approximate surface area is 143 Å². The molecule has 3 rings (SSSR count). The van der Waals surface area contributed by atoms with Crippen molar-refractivity contribution in [2.75, 3.05) is 0 Å². The van der Waals surface area contributed by atoms with Gasteiger partial charge in [-0.3, -0.25) is 9.36 Å². The van der Waals surface area contributed by atoms with Crippen LogP contribution < -0.4 is 0 Å². The zero-order chi connectivity index (χ0) is 16.9. The van der Waals surface area contributed by atoms with Crippen LogP contribution >= 0.6 is 0 Å². The average molecular weight is 335 g/mol. The molecule has 0 saturated carbocycles. The number of aryl methyl sites for hydroxylation is 1. The van der Waals surface area contributed by atoms with E-state index in [0.717, 1.165) is 11.1 Å². The first kappa shape index (κ1) is 16.1. The molecule has 0 radical (unpaired) electrons. The smallest absolute Gasteiger partial charge is 0.255 e. The number of aromatic nitrogens is 1. The molecule has 2 aromatic carbocycles. The number of nitrogens with zero attached hydrogens (tertiary/aromatic N) is 1. The summed E-state index contributed by atoms with van der Waals surface area (Å²) in [5.41, 5.74) is 2.05. The van der Waals surface area contributed by atoms with Crippen LogP contribution in [0.2, 0.25) is 0 Å². The van der Waals surface area contributed by atoms with Crippen molar-refractivity contribution >= 4 is 22.8 Å². The van der Waals surface area contributed by atoms with Crippen molar-refractivity contribution in [2.24, 2.45) is 0 Å². The van der Waals surface area contributed by atoms with Crippen LogP contribution in [-0.2, 0) is 10.8 Å². The van der Waals surface area contributed by atoms with Gasteiger partial charge in [-0.1, -0.05) is 48.0 Å². The minimum Gasteiger partial charge on any atom is -0.276 e. The number of hydrogen-bond acceptors (Lipinski definition) is 2. The highest BCUT2D eigenvalue weighted by atomic mass is 32.2. The van der Waals surface area contributed by atoms with Gasteiger partial charge in [0.1, 0.15) is 15.8 Å². The number of allylic oxidation sites excluding steroid dienone is 1. The zero-order valence-electron chi connectivity index (χ0n) is 13.3. The van der Waals surface area contributed by atoms with E-state index in [0.29, 0.717) is 9.92 Å². The summed E-state index contributed by atoms with van der Waals surface area (Å²) in [5, 5.41) is 0.474. The summed E-state index contributed by atoms with van der Waals surface area (Å²) in [6.07, 6.45) is 4.88. The number of rotatable bonds is 4. The van der Waals surface area contributed by atoms with E-state index in [4.69, 9.17) is 0 Å². The molecule has 0 bridgehead atoms. The maximum Gasteiger partial charge on any atom is 0.255 e. The van der Waals surface area contributed by atoms with E-state index in [1.165, 1.54) is 10.6 Å². The Morgan fingerprint density at radius 3 is 2.38 bits per heavy atom. The van der Waals surface area contributed by atoms with Crippen LogP contribution in [0.15, 0.2) is 88.9 Å². The highest BCUT2D eigenvalue weighted by molar-refractivity contribution is 7.85. The van der Waals surface area contributed by atoms with Gasteiger partial charge >= 0.3 is 0 Å². The van der Waals surface area contributed by atoms with E-state index in [1.54, 1.807) is 24.4 Å². The molecule has 4 heteroatoms. The number of carbonyl (C=O) groups excluding carboxylic acids is 1. The third-order valence-corrected chi connectivity index (χ3v) is 5.00. The molecule has 0 saturated heterocycles. The van der Waals surface area contributed by atoms with E-state index >= 15 is 0 Å². The minimum absolute atomic E-state index is 0.223. The summed E-state index contributed by atoms with van der Waals surface area (Å²) in [6, 6.07) is 20.5. The first-order valence-corrected chi connectivity index (χ1v) is 8.73. The molecule has 0 fully saturated rings. The second-order valence-corrected chi connectivity index (χ2v) is 6.81. The van der Waals surface area contributed by atoms with Gasteiger partial charge in [-0.15, -0.1) is 0 Å². The van der Waals surface area contributed by atoms with Gasteiger partial charge in [0.05, 0.1) is 0 Å². The fraction of sp³-hybridized carbons (Fsp3) is 0.0500. The van der Waals surface area contributed by atoms with Gasteiger partial charge in [0.25, 0.3) is 5.91 Å². The maximum atomic E-state index is 12.7. The van der Waals surface area contributed by atoms with Crippen molar-refractivity contribution < 1.29 is 9.00 Å². The second-order valence-electron chi connectivity index (χ2n) is 5.38. The lowest BCUT2D eigenvalue weighted by Gasteiger charge is -2.06. The first-order chi connectivity index (χ1) is 11.6. The Kier molecular flexibility index (Phi) is 4.87. The largest absolute Gasteiger partial charge is 0.276 e. The van der Waals surface area contributed by atoms with Crippen LogP contribution in [0.4, 0.5) is 0 Å². The van der Waals surface area contributed by atoms with Crippen LogP contribution in [0, 0.1) is 6.92 Å². The quantitative estimate of drug-likeness (QED) is 0.666. The van der Waals surface area contributed by atoms with Gasteiger partial charge in [-0.2, -0.15) is 0 Å². The molecule has 0 aliphatic rings. The molecule has 0 spiro atoms. The average Bonchev–Trinajstić information content (AvgIpc) is 3.10. The van der Waals surface area contributed by atoms with Gasteiger partial charge in [0.2, 0.25) is 0 Å². The lowest BCUT2D eigenvalue weighted by Crippen LogP contribution is -2.11. The molecule has 1 heterocycles. The summed E-state index contributed by atoms with van der Waals surface area (Å²) in [6.45, 7) is 1.98. The van der Waals surface area contributed by atoms with Crippen molar-refractivity contribution in [3.8, 4) is 0 Å². The summed E-state index contributed by atoms with van der Waals surface area (Å²) < 4.78 is 14.2. The molecule has 3 aromatic rings. The van der Waals surface area contributed by atoms with Crippen molar-refractivity contribution in [1.29, 1.82) is 0 Å². The molecule has 0 unspecified atom stereocenters. The molecule has 1 atom stereocenters. The summed E-state index contributed by atoms with van der Waals surface area (Å²) >= 11 is 0. The fourth-order valence-corrected chi connectivity index (χ4v) is 3.45. The zero-order valence-corrected chi connectivity index (χ0v) is 14.1. The molecule has 0 aliphatic carbocycles. The first-order valence-electron chi connectivity index (χ1n) is 7.58. The summed E-state index contributed by atoms with van der Waals surface area (Å²) in [7, 11) is -1.40. The predicted octanol–water partition coefficient (Wildman–Crippen LogP) is 4.32. The topological polar surface area (TPSA) is 39.1 Å². The van der Waals surface area contributed by atoms with Gasteiger partial charge < -0.3 is 0 Å². The van der Waals surface area contributed by atoms with Gasteiger partial charge in [0.15, 0.2) is 0 Å². The van der Waals surface area contributed by atoms with Crippen molar-refractivity contribution in [3.05, 3.63) is 90.1 Å². The van der Waals surface area contributed by atoms with E-state index in [-0.39, 0.29) is 5.91 Å². The lowest BCUT2D eigenvalue weighted by molar-refractivity contribution is 0.0961. The van der Waals surface area contributed by atoms with E-state index < -0.39 is 10.8 Å². The SMILES string of the molecule is Cc1ccc([S@](=O)c2cccn2C(=O)/C=C/c2ccccc2)cc1. The number of benzene rings is 2. The third-order valence-electron chi connectivity index (χ3n) is 3.59. The summed E-state index contributed by atoms with van der Waals surface area (Å²) in [5.74, 6) is -0.223. The van der Waals surface area contributed by atoms with E-state index in [9.17, 15) is 9.00 Å². The molecular formula is C20H17NO2S. The highest BCUT2D eigenvalue weighted by Gasteiger charge is 2.14. The Balaban J connectivity index is 1.84. The molecular weight excluding hydrogens is 318 g/mol. The van der Waals surface area contributed by atoms with Crippen LogP contribution in [0.1, 0.15) is 15.9 Å². The van der Waals surface area contributed by atoms with Crippen molar-refractivity contribution in [1.82, 2.24) is 4.57 Å². The highest BCUT2D eigenvalue weighted by Crippen LogP contribution is 2.18. The van der Waals surface area contributed by atoms with Crippen LogP contribution in [0.5, 0.6) is 0 Å². The lowest BCUT2D eigenvalue weighted by atomic mass is 10.2. The van der Waals surface area contributed by atoms with Crippen molar-refractivity contribution in [3.63, 3.8) is 0 Å². The molecule has 0 N–H and O–H groups in total. The molecule has 1 aromatic heterocycles. The Morgan fingerprint density at radius 1 is 0.958 bits per heavy atom. The second kappa shape index (κ2) is 7.23. The Bertz CT molecular complexity index is 893. The van der Waals surface area contributed by atoms with E-state index in [2.05, 4.69) is 0 Å². The van der Waals surface area contributed by atoms with Gasteiger partial charge in [-0.25, -0.2) is 4.21 Å². The van der Waals surface area contributed by atoms with Crippen LogP contribution in [-0.4, -0.2) is 14.7 Å². The standard InChI is InChI=1S/C20H17NO2S/c1-16-9-12-18(13-10-16)24(23)20-8-5-15-21(20)19(22)14-11-17-6-3-2-4-7-17/h2-15H,1H3/b14-11+/t24-/m0/s1. The molecule has 120 valence electrons. The monoisotopic (exact) mass is 335 g/mol. The molecule has 3 nitrogen and oxygen atoms in total. The Morgan fingerprint density at radius 2 is 1.67 bits per heavy atom. The number of hydrogen-bond donors (Lipinski definition) is 0. The van der Waals surface area contributed by atoms with Crippen molar-refractivity contribution in [2.45, 2.75) is 16.8 Å². The van der Waals surface area contributed by atoms with Gasteiger partial charge in [0, 0.05) is 17.2 Å². The van der Waals surface area contributed by atoms with Crippen LogP contribution in [0.25, 0.3) is 6.08 Å².